The zero-order valence-electron chi connectivity index (χ0n) is 9.79. The lowest BCUT2D eigenvalue weighted by molar-refractivity contribution is -0.120. The van der Waals surface area contributed by atoms with Crippen LogP contribution in [0.1, 0.15) is 24.8 Å². The summed E-state index contributed by atoms with van der Waals surface area (Å²) in [5.74, 6) is 0.786. The topological polar surface area (TPSA) is 49.3 Å². The van der Waals surface area contributed by atoms with E-state index in [2.05, 4.69) is 5.32 Å². The average Bonchev–Trinajstić information content (AvgIpc) is 2.32. The Morgan fingerprint density at radius 3 is 2.71 bits per heavy atom. The first-order valence-electron chi connectivity index (χ1n) is 5.83. The van der Waals surface area contributed by atoms with Crippen molar-refractivity contribution in [3.05, 3.63) is 29.8 Å². The molecule has 0 aliphatic rings. The largest absolute Gasteiger partial charge is 0.508 e. The van der Waals surface area contributed by atoms with Crippen molar-refractivity contribution in [1.29, 1.82) is 0 Å². The van der Waals surface area contributed by atoms with Gasteiger partial charge in [-0.2, -0.15) is 0 Å². The fraction of sp³-hybridized carbons (Fsp3) is 0.462. The van der Waals surface area contributed by atoms with Crippen molar-refractivity contribution in [3.8, 4) is 5.75 Å². The lowest BCUT2D eigenvalue weighted by Crippen LogP contribution is -2.26. The smallest absolute Gasteiger partial charge is 0.224 e. The van der Waals surface area contributed by atoms with Crippen LogP contribution in [0.25, 0.3) is 0 Å². The lowest BCUT2D eigenvalue weighted by atomic mass is 10.1. The molecule has 0 fully saturated rings. The highest BCUT2D eigenvalue weighted by molar-refractivity contribution is 6.17. The number of alkyl halides is 1. The highest BCUT2D eigenvalue weighted by atomic mass is 35.5. The molecule has 0 saturated carbocycles. The molecular formula is C13H18ClNO2. The predicted octanol–water partition coefficient (Wildman–Crippen LogP) is 2.46. The number of unbranched alkanes of at least 4 members (excludes halogenated alkanes) is 2. The van der Waals surface area contributed by atoms with Crippen LogP contribution in [0.2, 0.25) is 0 Å². The standard InChI is InChI=1S/C13H18ClNO2/c14-8-4-1-5-9-15-13(17)10-11-6-2-3-7-12(11)16/h2-3,6-7,16H,1,4-5,8-10H2,(H,15,17). The molecule has 1 amide bonds. The van der Waals surface area contributed by atoms with Crippen LogP contribution >= 0.6 is 11.6 Å². The Morgan fingerprint density at radius 1 is 1.24 bits per heavy atom. The van der Waals surface area contributed by atoms with Gasteiger partial charge >= 0.3 is 0 Å². The molecule has 0 aromatic heterocycles. The molecule has 1 aromatic rings. The number of carbonyl (C=O) groups excluding carboxylic acids is 1. The van der Waals surface area contributed by atoms with Gasteiger partial charge in [0, 0.05) is 18.0 Å². The van der Waals surface area contributed by atoms with Gasteiger partial charge < -0.3 is 10.4 Å². The number of nitrogens with one attached hydrogen (secondary N) is 1. The van der Waals surface area contributed by atoms with Gasteiger partial charge in [0.25, 0.3) is 0 Å². The number of phenolic OH excluding ortho intramolecular Hbond substituents is 1. The molecule has 3 nitrogen and oxygen atoms in total. The van der Waals surface area contributed by atoms with Gasteiger partial charge in [0.05, 0.1) is 6.42 Å². The third-order valence-corrected chi connectivity index (χ3v) is 2.74. The van der Waals surface area contributed by atoms with Crippen molar-refractivity contribution in [2.45, 2.75) is 25.7 Å². The Morgan fingerprint density at radius 2 is 2.00 bits per heavy atom. The summed E-state index contributed by atoms with van der Waals surface area (Å²) in [6, 6.07) is 6.89. The molecule has 0 saturated heterocycles. The van der Waals surface area contributed by atoms with E-state index in [0.29, 0.717) is 18.0 Å². The van der Waals surface area contributed by atoms with Gasteiger partial charge in [-0.1, -0.05) is 24.6 Å². The van der Waals surface area contributed by atoms with E-state index < -0.39 is 0 Å². The number of rotatable bonds is 7. The molecule has 0 aliphatic heterocycles. The van der Waals surface area contributed by atoms with Gasteiger partial charge in [0.1, 0.15) is 5.75 Å². The molecule has 0 bridgehead atoms. The minimum Gasteiger partial charge on any atom is -0.508 e. The molecule has 4 heteroatoms. The number of hydrogen-bond donors (Lipinski definition) is 2. The van der Waals surface area contributed by atoms with Crippen LogP contribution in [0.5, 0.6) is 5.75 Å². The highest BCUT2D eigenvalue weighted by Gasteiger charge is 2.05. The molecule has 2 N–H and O–H groups in total. The van der Waals surface area contributed by atoms with Crippen LogP contribution in [-0.2, 0) is 11.2 Å². The zero-order valence-corrected chi connectivity index (χ0v) is 10.5. The molecule has 0 unspecified atom stereocenters. The number of phenols is 1. The number of para-hydroxylation sites is 1. The second kappa shape index (κ2) is 7.96. The molecule has 0 spiro atoms. The Kier molecular flexibility index (Phi) is 6.48. The average molecular weight is 256 g/mol. The first kappa shape index (κ1) is 13.8. The second-order valence-electron chi connectivity index (χ2n) is 3.91. The van der Waals surface area contributed by atoms with Crippen LogP contribution in [0.4, 0.5) is 0 Å². The number of halogens is 1. The maximum Gasteiger partial charge on any atom is 0.224 e. The fourth-order valence-electron chi connectivity index (χ4n) is 1.52. The SMILES string of the molecule is O=C(Cc1ccccc1O)NCCCCCCl. The third-order valence-electron chi connectivity index (χ3n) is 2.48. The number of benzene rings is 1. The van der Waals surface area contributed by atoms with Crippen molar-refractivity contribution in [2.24, 2.45) is 0 Å². The Labute approximate surface area is 107 Å². The Hall–Kier alpha value is -1.22. The monoisotopic (exact) mass is 255 g/mol. The van der Waals surface area contributed by atoms with Crippen molar-refractivity contribution in [2.75, 3.05) is 12.4 Å². The normalized spacial score (nSPS) is 10.2. The van der Waals surface area contributed by atoms with E-state index in [1.165, 1.54) is 0 Å². The minimum atomic E-state index is -0.0580. The molecule has 94 valence electrons. The second-order valence-corrected chi connectivity index (χ2v) is 4.28. The van der Waals surface area contributed by atoms with E-state index in [0.717, 1.165) is 19.3 Å². The summed E-state index contributed by atoms with van der Waals surface area (Å²) in [5, 5.41) is 12.3. The summed E-state index contributed by atoms with van der Waals surface area (Å²) in [6.07, 6.45) is 3.18. The van der Waals surface area contributed by atoms with Crippen LogP contribution in [0, 0.1) is 0 Å². The van der Waals surface area contributed by atoms with E-state index in [4.69, 9.17) is 11.6 Å². The molecule has 0 heterocycles. The van der Waals surface area contributed by atoms with Crippen LogP contribution < -0.4 is 5.32 Å². The number of amides is 1. The van der Waals surface area contributed by atoms with Gasteiger partial charge in [-0.15, -0.1) is 11.6 Å². The number of carbonyl (C=O) groups is 1. The van der Waals surface area contributed by atoms with Crippen LogP contribution in [-0.4, -0.2) is 23.4 Å². The van der Waals surface area contributed by atoms with Crippen LogP contribution in [0.3, 0.4) is 0 Å². The van der Waals surface area contributed by atoms with Gasteiger partial charge in [-0.25, -0.2) is 0 Å². The van der Waals surface area contributed by atoms with Crippen LogP contribution in [0.15, 0.2) is 24.3 Å². The zero-order chi connectivity index (χ0) is 12.5. The quantitative estimate of drug-likeness (QED) is 0.581. The summed E-state index contributed by atoms with van der Waals surface area (Å²) >= 11 is 5.55. The predicted molar refractivity (Wildman–Crippen MR) is 69.4 cm³/mol. The van der Waals surface area contributed by atoms with Crippen molar-refractivity contribution in [3.63, 3.8) is 0 Å². The molecule has 1 rings (SSSR count). The summed E-state index contributed by atoms with van der Waals surface area (Å²) in [5.41, 5.74) is 0.658. The summed E-state index contributed by atoms with van der Waals surface area (Å²) in [7, 11) is 0. The molecule has 17 heavy (non-hydrogen) atoms. The van der Waals surface area contributed by atoms with E-state index in [9.17, 15) is 9.90 Å². The number of hydrogen-bond acceptors (Lipinski definition) is 2. The van der Waals surface area contributed by atoms with E-state index in [-0.39, 0.29) is 18.1 Å². The third kappa shape index (κ3) is 5.59. The van der Waals surface area contributed by atoms with Gasteiger partial charge in [0.15, 0.2) is 0 Å². The van der Waals surface area contributed by atoms with Crippen molar-refractivity contribution >= 4 is 17.5 Å². The van der Waals surface area contributed by atoms with Crippen molar-refractivity contribution in [1.82, 2.24) is 5.32 Å². The molecule has 0 radical (unpaired) electrons. The molecule has 0 aliphatic carbocycles. The summed E-state index contributed by atoms with van der Waals surface area (Å²) in [6.45, 7) is 0.670. The van der Waals surface area contributed by atoms with Gasteiger partial charge in [-0.3, -0.25) is 4.79 Å². The number of aromatic hydroxyl groups is 1. The van der Waals surface area contributed by atoms with E-state index in [1.54, 1.807) is 18.2 Å². The van der Waals surface area contributed by atoms with E-state index in [1.807, 2.05) is 6.07 Å². The van der Waals surface area contributed by atoms with Crippen molar-refractivity contribution < 1.29 is 9.90 Å². The first-order valence-corrected chi connectivity index (χ1v) is 6.37. The first-order chi connectivity index (χ1) is 8.24. The van der Waals surface area contributed by atoms with Gasteiger partial charge in [-0.05, 0) is 18.9 Å². The lowest BCUT2D eigenvalue weighted by Gasteiger charge is -2.06. The summed E-state index contributed by atoms with van der Waals surface area (Å²) < 4.78 is 0. The highest BCUT2D eigenvalue weighted by Crippen LogP contribution is 2.15. The fourth-order valence-corrected chi connectivity index (χ4v) is 1.71. The minimum absolute atomic E-state index is 0.0580. The maximum atomic E-state index is 11.5. The van der Waals surface area contributed by atoms with Gasteiger partial charge in [0.2, 0.25) is 5.91 Å². The molecular weight excluding hydrogens is 238 g/mol. The molecule has 1 aromatic carbocycles. The Bertz CT molecular complexity index is 355. The Balaban J connectivity index is 2.23. The molecule has 0 atom stereocenters. The maximum absolute atomic E-state index is 11.5. The summed E-state index contributed by atoms with van der Waals surface area (Å²) in [4.78, 5) is 11.5. The van der Waals surface area contributed by atoms with E-state index >= 15 is 0 Å².